The van der Waals surface area contributed by atoms with Gasteiger partial charge in [0.05, 0.1) is 12.4 Å². The van der Waals surface area contributed by atoms with Crippen LogP contribution >= 0.6 is 8.22 Å². The molecule has 0 spiro atoms. The smallest absolute Gasteiger partial charge is 0.126 e. The predicted molar refractivity (Wildman–Crippen MR) is 94.7 cm³/mol. The lowest BCUT2D eigenvalue weighted by Crippen LogP contribution is -2.23. The van der Waals surface area contributed by atoms with Crippen molar-refractivity contribution < 1.29 is 9.84 Å². The molecule has 0 saturated carbocycles. The maximum absolute atomic E-state index is 10.5. The Bertz CT molecular complexity index is 695. The summed E-state index contributed by atoms with van der Waals surface area (Å²) in [6.07, 6.45) is 2.49. The molecule has 0 aromatic heterocycles. The van der Waals surface area contributed by atoms with Crippen molar-refractivity contribution in [2.24, 2.45) is 0 Å². The molecule has 2 aliphatic heterocycles. The second-order valence-electron chi connectivity index (χ2n) is 6.02. The average molecular weight is 328 g/mol. The first-order valence-electron chi connectivity index (χ1n) is 8.04. The minimum Gasteiger partial charge on any atom is -0.507 e. The van der Waals surface area contributed by atoms with E-state index in [0.29, 0.717) is 11.8 Å². The number of para-hydroxylation sites is 1. The lowest BCUT2D eigenvalue weighted by Gasteiger charge is -2.31. The van der Waals surface area contributed by atoms with Crippen LogP contribution in [0.2, 0.25) is 0 Å². The van der Waals surface area contributed by atoms with Crippen LogP contribution in [0.1, 0.15) is 12.8 Å². The van der Waals surface area contributed by atoms with E-state index in [0.717, 1.165) is 24.1 Å². The normalized spacial score (nSPS) is 24.0. The molecule has 2 atom stereocenters. The molecular weight excluding hydrogens is 307 g/mol. The molecule has 0 unspecified atom stereocenters. The van der Waals surface area contributed by atoms with Crippen LogP contribution in [0, 0.1) is 0 Å². The molecule has 0 radical (unpaired) electrons. The summed E-state index contributed by atoms with van der Waals surface area (Å²) >= 11 is 0. The van der Waals surface area contributed by atoms with Crippen molar-refractivity contribution in [1.82, 2.24) is 4.67 Å². The van der Waals surface area contributed by atoms with Gasteiger partial charge in [-0.15, -0.1) is 0 Å². The zero-order valence-corrected chi connectivity index (χ0v) is 14.1. The van der Waals surface area contributed by atoms with Gasteiger partial charge in [-0.25, -0.2) is 0 Å². The summed E-state index contributed by atoms with van der Waals surface area (Å²) in [7, 11) is 0.946. The van der Waals surface area contributed by atoms with Gasteiger partial charge in [0.2, 0.25) is 0 Å². The van der Waals surface area contributed by atoms with Crippen molar-refractivity contribution in [3.05, 3.63) is 48.5 Å². The van der Waals surface area contributed by atoms with E-state index in [1.54, 1.807) is 13.2 Å². The van der Waals surface area contributed by atoms with E-state index < -0.39 is 8.22 Å². The summed E-state index contributed by atoms with van der Waals surface area (Å²) in [4.78, 5) is 0. The van der Waals surface area contributed by atoms with Gasteiger partial charge in [0.15, 0.2) is 0 Å². The van der Waals surface area contributed by atoms with Crippen molar-refractivity contribution in [3.8, 4) is 11.5 Å². The largest absolute Gasteiger partial charge is 0.507 e. The Kier molecular flexibility index (Phi) is 3.88. The molecule has 1 N–H and O–H groups in total. The highest BCUT2D eigenvalue weighted by Crippen LogP contribution is 2.56. The summed E-state index contributed by atoms with van der Waals surface area (Å²) in [6, 6.07) is 16.7. The first-order valence-corrected chi connectivity index (χ1v) is 9.29. The lowest BCUT2D eigenvalue weighted by atomic mass is 10.2. The topological polar surface area (TPSA) is 35.9 Å². The third-order valence-corrected chi connectivity index (χ3v) is 7.31. The number of phenolic OH excluding ortho intramolecular Hbond substituents is 1. The highest BCUT2D eigenvalue weighted by molar-refractivity contribution is 7.65. The standard InChI is InChI=1S/C18H21N2O2P/c1-22-16-9-10-17(21)18(12-16)23-19-11-5-8-15(19)13-20(23)14-6-3-2-4-7-14/h2-4,6-7,9-10,12,15,21H,5,8,11,13H2,1H3/t15-,23-/m0/s1. The van der Waals surface area contributed by atoms with E-state index in [1.807, 2.05) is 18.2 Å². The monoisotopic (exact) mass is 328 g/mol. The molecule has 2 saturated heterocycles. The Morgan fingerprint density at radius 3 is 2.78 bits per heavy atom. The van der Waals surface area contributed by atoms with Gasteiger partial charge in [-0.3, -0.25) is 4.67 Å². The van der Waals surface area contributed by atoms with E-state index in [1.165, 1.54) is 18.5 Å². The molecule has 2 aliphatic rings. The summed E-state index contributed by atoms with van der Waals surface area (Å²) in [5.74, 6) is 1.17. The lowest BCUT2D eigenvalue weighted by molar-refractivity contribution is 0.413. The number of methoxy groups -OCH3 is 1. The number of fused-ring (bicyclic) bond motifs is 1. The number of anilines is 1. The zero-order chi connectivity index (χ0) is 15.8. The third-order valence-electron chi connectivity index (χ3n) is 4.65. The predicted octanol–water partition coefficient (Wildman–Crippen LogP) is 3.32. The Morgan fingerprint density at radius 1 is 1.17 bits per heavy atom. The van der Waals surface area contributed by atoms with E-state index in [-0.39, 0.29) is 0 Å². The molecule has 5 heteroatoms. The summed E-state index contributed by atoms with van der Waals surface area (Å²) < 4.78 is 10.4. The van der Waals surface area contributed by atoms with Gasteiger partial charge in [-0.05, 0) is 43.2 Å². The fourth-order valence-corrected chi connectivity index (χ4v) is 6.41. The molecule has 0 amide bonds. The van der Waals surface area contributed by atoms with Crippen molar-refractivity contribution in [2.45, 2.75) is 18.9 Å². The first kappa shape index (κ1) is 14.8. The SMILES string of the molecule is COc1ccc(O)c([P@]2N(c3ccccc3)C[C@@H]3CCCN32)c1. The minimum atomic E-state index is -0.726. The zero-order valence-electron chi connectivity index (χ0n) is 13.2. The number of aromatic hydroxyl groups is 1. The van der Waals surface area contributed by atoms with Crippen molar-refractivity contribution in [2.75, 3.05) is 24.9 Å². The molecule has 0 bridgehead atoms. The highest BCUT2D eigenvalue weighted by Gasteiger charge is 2.44. The van der Waals surface area contributed by atoms with Crippen LogP contribution in [-0.4, -0.2) is 36.0 Å². The van der Waals surface area contributed by atoms with Gasteiger partial charge in [-0.2, -0.15) is 0 Å². The molecule has 2 fully saturated rings. The van der Waals surface area contributed by atoms with Gasteiger partial charge >= 0.3 is 0 Å². The van der Waals surface area contributed by atoms with E-state index >= 15 is 0 Å². The molecule has 2 aromatic carbocycles. The second-order valence-corrected chi connectivity index (χ2v) is 8.08. The third kappa shape index (κ3) is 2.56. The van der Waals surface area contributed by atoms with Crippen LogP contribution in [0.4, 0.5) is 5.69 Å². The second kappa shape index (κ2) is 6.03. The Hall–Kier alpha value is -1.77. The summed E-state index contributed by atoms with van der Waals surface area (Å²) in [6.45, 7) is 2.14. The van der Waals surface area contributed by atoms with E-state index in [9.17, 15) is 5.11 Å². The molecule has 23 heavy (non-hydrogen) atoms. The molecule has 4 rings (SSSR count). The van der Waals surface area contributed by atoms with Crippen LogP contribution in [0.25, 0.3) is 0 Å². The van der Waals surface area contributed by atoms with Gasteiger partial charge < -0.3 is 14.5 Å². The van der Waals surface area contributed by atoms with Crippen molar-refractivity contribution in [1.29, 1.82) is 0 Å². The van der Waals surface area contributed by atoms with Gasteiger partial charge in [0.1, 0.15) is 19.7 Å². The van der Waals surface area contributed by atoms with Crippen molar-refractivity contribution >= 4 is 19.2 Å². The number of phenols is 1. The molecule has 2 aromatic rings. The number of rotatable bonds is 3. The molecule has 4 nitrogen and oxygen atoms in total. The first-order chi connectivity index (χ1) is 11.3. The van der Waals surface area contributed by atoms with Crippen LogP contribution in [0.15, 0.2) is 48.5 Å². The van der Waals surface area contributed by atoms with Gasteiger partial charge in [0, 0.05) is 24.8 Å². The fourth-order valence-electron chi connectivity index (χ4n) is 3.54. The quantitative estimate of drug-likeness (QED) is 0.877. The summed E-state index contributed by atoms with van der Waals surface area (Å²) in [5, 5.41) is 11.5. The van der Waals surface area contributed by atoms with E-state index in [4.69, 9.17) is 4.74 Å². The fraction of sp³-hybridized carbons (Fsp3) is 0.333. The number of hydrogen-bond acceptors (Lipinski definition) is 4. The number of hydrogen-bond donors (Lipinski definition) is 1. The van der Waals surface area contributed by atoms with Gasteiger partial charge in [-0.1, -0.05) is 18.2 Å². The minimum absolute atomic E-state index is 0.366. The Labute approximate surface area is 138 Å². The molecule has 120 valence electrons. The summed E-state index contributed by atoms with van der Waals surface area (Å²) in [5.41, 5.74) is 1.23. The van der Waals surface area contributed by atoms with Gasteiger partial charge in [0.25, 0.3) is 0 Å². The van der Waals surface area contributed by atoms with Crippen LogP contribution in [0.5, 0.6) is 11.5 Å². The number of nitrogens with zero attached hydrogens (tertiary/aromatic N) is 2. The number of benzene rings is 2. The van der Waals surface area contributed by atoms with Crippen molar-refractivity contribution in [3.63, 3.8) is 0 Å². The highest BCUT2D eigenvalue weighted by atomic mass is 31.1. The average Bonchev–Trinajstić information content (AvgIpc) is 3.17. The van der Waals surface area contributed by atoms with Crippen LogP contribution in [-0.2, 0) is 0 Å². The Balaban J connectivity index is 1.79. The van der Waals surface area contributed by atoms with Crippen LogP contribution < -0.4 is 14.7 Å². The number of ether oxygens (including phenoxy) is 1. The Morgan fingerprint density at radius 2 is 2.00 bits per heavy atom. The maximum atomic E-state index is 10.5. The van der Waals surface area contributed by atoms with E-state index in [2.05, 4.69) is 33.6 Å². The maximum Gasteiger partial charge on any atom is 0.126 e. The molecular formula is C18H21N2O2P. The molecule has 2 heterocycles. The van der Waals surface area contributed by atoms with Crippen LogP contribution in [0.3, 0.4) is 0 Å². The molecule has 0 aliphatic carbocycles.